The molecule has 0 spiro atoms. The van der Waals surface area contributed by atoms with Gasteiger partial charge in [0.25, 0.3) is 17.2 Å². The molecule has 8 nitrogen and oxygen atoms in total. The largest absolute Gasteiger partial charge is 0.618 e. The molecule has 1 heterocycles. The minimum absolute atomic E-state index is 0.0804. The van der Waals surface area contributed by atoms with E-state index in [-0.39, 0.29) is 22.6 Å². The maximum absolute atomic E-state index is 12.3. The number of carbonyl (C=O) groups is 1. The molecule has 0 radical (unpaired) electrons. The second-order valence-electron chi connectivity index (χ2n) is 5.46. The summed E-state index contributed by atoms with van der Waals surface area (Å²) in [6.07, 6.45) is 3.86. The lowest BCUT2D eigenvalue weighted by molar-refractivity contribution is -0.629. The second-order valence-corrected chi connectivity index (χ2v) is 5.46. The number of anilines is 1. The molecule has 1 N–H and O–H groups in total. The Morgan fingerprint density at radius 1 is 1.00 bits per heavy atom. The van der Waals surface area contributed by atoms with E-state index < -0.39 is 0 Å². The Morgan fingerprint density at radius 2 is 1.65 bits per heavy atom. The Labute approximate surface area is 148 Å². The summed E-state index contributed by atoms with van der Waals surface area (Å²) in [5.41, 5.74) is 2.06. The van der Waals surface area contributed by atoms with Crippen LogP contribution in [0, 0.1) is 10.4 Å². The molecule has 0 aliphatic carbocycles. The summed E-state index contributed by atoms with van der Waals surface area (Å²) < 4.78 is 1.25. The predicted octanol–water partition coefficient (Wildman–Crippen LogP) is 1.52. The number of hydrogen-bond acceptors (Lipinski definition) is 5. The summed E-state index contributed by atoms with van der Waals surface area (Å²) in [5.74, 6) is -0.145. The van der Waals surface area contributed by atoms with Crippen LogP contribution < -0.4 is 14.8 Å². The first kappa shape index (κ1) is 17.0. The average Bonchev–Trinajstić information content (AvgIpc) is 2.63. The van der Waals surface area contributed by atoms with Crippen LogP contribution in [0.3, 0.4) is 0 Å². The van der Waals surface area contributed by atoms with Gasteiger partial charge in [0, 0.05) is 24.7 Å². The van der Waals surface area contributed by atoms with Gasteiger partial charge >= 0.3 is 5.69 Å². The van der Waals surface area contributed by atoms with Crippen molar-refractivity contribution in [2.75, 3.05) is 5.32 Å². The molecule has 0 unspecified atom stereocenters. The summed E-state index contributed by atoms with van der Waals surface area (Å²) in [7, 11) is 0. The van der Waals surface area contributed by atoms with Gasteiger partial charge in [0.2, 0.25) is 5.91 Å². The van der Waals surface area contributed by atoms with Crippen LogP contribution in [0.15, 0.2) is 64.9 Å². The van der Waals surface area contributed by atoms with Crippen LogP contribution in [0.4, 0.5) is 5.69 Å². The Hall–Kier alpha value is -3.81. The van der Waals surface area contributed by atoms with Crippen LogP contribution in [-0.4, -0.2) is 18.3 Å². The van der Waals surface area contributed by atoms with Gasteiger partial charge in [0.05, 0.1) is 6.21 Å². The molecule has 130 valence electrons. The molecule has 0 aliphatic rings. The lowest BCUT2D eigenvalue weighted by Gasteiger charge is -2.04. The number of nitrogens with zero attached hydrogens (tertiary/aromatic N) is 4. The van der Waals surface area contributed by atoms with Gasteiger partial charge in [0.1, 0.15) is 6.21 Å². The van der Waals surface area contributed by atoms with E-state index in [9.17, 15) is 15.2 Å². The molecule has 3 aromatic rings. The van der Waals surface area contributed by atoms with Crippen molar-refractivity contribution in [1.82, 2.24) is 0 Å². The Balaban J connectivity index is 1.76. The average molecular weight is 349 g/mol. The van der Waals surface area contributed by atoms with Crippen LogP contribution in [0.25, 0.3) is 11.0 Å². The van der Waals surface area contributed by atoms with E-state index in [0.29, 0.717) is 15.1 Å². The Bertz CT molecular complexity index is 1010. The molecule has 2 aromatic carbocycles. The lowest BCUT2D eigenvalue weighted by Crippen LogP contribution is -2.41. The quantitative estimate of drug-likeness (QED) is 0.334. The van der Waals surface area contributed by atoms with E-state index in [4.69, 9.17) is 0 Å². The molecule has 0 saturated carbocycles. The standard InChI is InChI=1S/C18H15N5O3/c1-13(24)21-15-8-6-14(7-9-15)10-19-20-11-16-12-22(25)17-4-2-3-5-18(17)23(16)26/h2-12H,1H3,(H,21,24)/b19-10+,20-11+. The highest BCUT2D eigenvalue weighted by molar-refractivity contribution is 5.89. The van der Waals surface area contributed by atoms with Crippen molar-refractivity contribution in [3.8, 4) is 0 Å². The molecule has 1 aromatic heterocycles. The number of benzene rings is 2. The monoisotopic (exact) mass is 349 g/mol. The smallest absolute Gasteiger partial charge is 0.302 e. The van der Waals surface area contributed by atoms with Crippen molar-refractivity contribution in [2.45, 2.75) is 6.92 Å². The highest BCUT2D eigenvalue weighted by Crippen LogP contribution is 2.08. The number of carbonyl (C=O) groups excluding carboxylic acids is 1. The molecule has 26 heavy (non-hydrogen) atoms. The topological polar surface area (TPSA) is 108 Å². The summed E-state index contributed by atoms with van der Waals surface area (Å²) in [6.45, 7) is 1.44. The lowest BCUT2D eigenvalue weighted by atomic mass is 10.2. The number of aromatic nitrogens is 2. The third kappa shape index (κ3) is 3.81. The first-order valence-electron chi connectivity index (χ1n) is 7.73. The third-order valence-electron chi connectivity index (χ3n) is 3.52. The van der Waals surface area contributed by atoms with Crippen LogP contribution in [0.2, 0.25) is 0 Å². The van der Waals surface area contributed by atoms with Gasteiger partial charge in [-0.2, -0.15) is 19.7 Å². The van der Waals surface area contributed by atoms with Gasteiger partial charge in [0.15, 0.2) is 0 Å². The first-order chi connectivity index (χ1) is 12.5. The normalized spacial score (nSPS) is 11.4. The van der Waals surface area contributed by atoms with Crippen molar-refractivity contribution in [2.24, 2.45) is 10.2 Å². The van der Waals surface area contributed by atoms with Crippen LogP contribution in [0.5, 0.6) is 0 Å². The van der Waals surface area contributed by atoms with Gasteiger partial charge in [-0.3, -0.25) is 4.79 Å². The van der Waals surface area contributed by atoms with Gasteiger partial charge in [-0.25, -0.2) is 0 Å². The Kier molecular flexibility index (Phi) is 4.84. The fourth-order valence-electron chi connectivity index (χ4n) is 2.34. The van der Waals surface area contributed by atoms with Crippen molar-refractivity contribution >= 4 is 35.1 Å². The molecule has 3 rings (SSSR count). The van der Waals surface area contributed by atoms with Crippen molar-refractivity contribution in [1.29, 1.82) is 0 Å². The van der Waals surface area contributed by atoms with Crippen molar-refractivity contribution < 1.29 is 14.3 Å². The minimum Gasteiger partial charge on any atom is -0.618 e. The fraction of sp³-hybridized carbons (Fsp3) is 0.0556. The zero-order valence-electron chi connectivity index (χ0n) is 13.9. The number of fused-ring (bicyclic) bond motifs is 1. The third-order valence-corrected chi connectivity index (χ3v) is 3.52. The molecule has 0 aliphatic heterocycles. The molecular weight excluding hydrogens is 334 g/mol. The summed E-state index contributed by atoms with van der Waals surface area (Å²) in [5, 5.41) is 34.6. The van der Waals surface area contributed by atoms with Gasteiger partial charge in [-0.05, 0) is 17.7 Å². The number of rotatable bonds is 4. The van der Waals surface area contributed by atoms with E-state index in [0.717, 1.165) is 11.8 Å². The zero-order chi connectivity index (χ0) is 18.5. The maximum Gasteiger partial charge on any atom is 0.302 e. The fourth-order valence-corrected chi connectivity index (χ4v) is 2.34. The molecule has 0 fully saturated rings. The van der Waals surface area contributed by atoms with E-state index in [1.165, 1.54) is 19.4 Å². The number of hydrogen-bond donors (Lipinski definition) is 1. The van der Waals surface area contributed by atoms with Crippen LogP contribution in [-0.2, 0) is 4.79 Å². The van der Waals surface area contributed by atoms with E-state index in [2.05, 4.69) is 15.5 Å². The molecule has 8 heteroatoms. The van der Waals surface area contributed by atoms with Crippen LogP contribution >= 0.6 is 0 Å². The van der Waals surface area contributed by atoms with Gasteiger partial charge < -0.3 is 15.7 Å². The minimum atomic E-state index is -0.145. The molecule has 0 bridgehead atoms. The molecule has 0 atom stereocenters. The van der Waals surface area contributed by atoms with E-state index in [1.807, 2.05) is 0 Å². The predicted molar refractivity (Wildman–Crippen MR) is 97.8 cm³/mol. The second kappa shape index (κ2) is 7.39. The van der Waals surface area contributed by atoms with Gasteiger partial charge in [-0.15, -0.1) is 0 Å². The summed E-state index contributed by atoms with van der Waals surface area (Å²) in [4.78, 5) is 11.0. The summed E-state index contributed by atoms with van der Waals surface area (Å²) >= 11 is 0. The van der Waals surface area contributed by atoms with E-state index >= 15 is 0 Å². The molecular formula is C18H15N5O3. The van der Waals surface area contributed by atoms with E-state index in [1.54, 1.807) is 48.5 Å². The molecule has 0 saturated heterocycles. The Morgan fingerprint density at radius 3 is 2.35 bits per heavy atom. The molecule has 1 amide bonds. The zero-order valence-corrected chi connectivity index (χ0v) is 13.9. The SMILES string of the molecule is CC(=O)Nc1ccc(/C=N/N=C/c2c[n+]([O-])c3ccccc3[n+]2[O-])cc1. The summed E-state index contributed by atoms with van der Waals surface area (Å²) in [6, 6.07) is 13.5. The number of nitrogens with one attached hydrogen (secondary N) is 1. The van der Waals surface area contributed by atoms with Crippen LogP contribution in [0.1, 0.15) is 18.2 Å². The maximum atomic E-state index is 12.3. The van der Waals surface area contributed by atoms with Gasteiger partial charge in [-0.1, -0.05) is 24.3 Å². The number of para-hydroxylation sites is 2. The highest BCUT2D eigenvalue weighted by Gasteiger charge is 2.16. The highest BCUT2D eigenvalue weighted by atomic mass is 16.5. The number of amides is 1. The van der Waals surface area contributed by atoms with Crippen molar-refractivity contribution in [3.05, 3.63) is 76.4 Å². The first-order valence-corrected chi connectivity index (χ1v) is 7.73. The van der Waals surface area contributed by atoms with Crippen molar-refractivity contribution in [3.63, 3.8) is 0 Å².